The van der Waals surface area contributed by atoms with Crippen molar-refractivity contribution in [1.82, 2.24) is 20.0 Å². The molecule has 0 amide bonds. The zero-order valence-corrected chi connectivity index (χ0v) is 13.9. The molecule has 0 unspecified atom stereocenters. The highest BCUT2D eigenvalue weighted by molar-refractivity contribution is 5.51. The van der Waals surface area contributed by atoms with Gasteiger partial charge in [0.1, 0.15) is 5.75 Å². The molecule has 0 atom stereocenters. The van der Waals surface area contributed by atoms with E-state index in [1.54, 1.807) is 24.5 Å². The first-order valence-electron chi connectivity index (χ1n) is 8.52. The molecule has 4 rings (SSSR count). The smallest absolute Gasteiger partial charge is 0.241 e. The number of aromatic hydroxyl groups is 1. The van der Waals surface area contributed by atoms with Crippen LogP contribution in [0.15, 0.2) is 53.3 Å². The molecule has 1 aromatic carbocycles. The van der Waals surface area contributed by atoms with Crippen LogP contribution in [0.1, 0.15) is 30.2 Å². The maximum atomic E-state index is 9.41. The molecule has 0 bridgehead atoms. The van der Waals surface area contributed by atoms with Crippen LogP contribution >= 0.6 is 0 Å². The van der Waals surface area contributed by atoms with Gasteiger partial charge in [-0.15, -0.1) is 0 Å². The lowest BCUT2D eigenvalue weighted by Gasteiger charge is -2.31. The first-order valence-corrected chi connectivity index (χ1v) is 8.52. The van der Waals surface area contributed by atoms with Crippen LogP contribution in [0.2, 0.25) is 0 Å². The van der Waals surface area contributed by atoms with Crippen molar-refractivity contribution >= 4 is 0 Å². The molecule has 1 aliphatic heterocycles. The molecular formula is C19H20N4O2. The molecule has 1 N–H and O–H groups in total. The molecule has 25 heavy (non-hydrogen) atoms. The second-order valence-corrected chi connectivity index (χ2v) is 6.40. The summed E-state index contributed by atoms with van der Waals surface area (Å²) in [6.45, 7) is 2.67. The summed E-state index contributed by atoms with van der Waals surface area (Å²) in [5, 5.41) is 13.5. The minimum Gasteiger partial charge on any atom is -0.508 e. The molecule has 0 aliphatic carbocycles. The number of piperidine rings is 1. The Kier molecular flexibility index (Phi) is 4.43. The minimum atomic E-state index is 0.321. The molecule has 6 nitrogen and oxygen atoms in total. The summed E-state index contributed by atoms with van der Waals surface area (Å²) in [5.74, 6) is 2.09. The summed E-state index contributed by atoms with van der Waals surface area (Å²) >= 11 is 0. The number of hydrogen-bond acceptors (Lipinski definition) is 6. The van der Waals surface area contributed by atoms with Crippen LogP contribution < -0.4 is 0 Å². The number of phenolic OH excluding ortho intramolecular Hbond substituents is 1. The zero-order chi connectivity index (χ0) is 17.1. The summed E-state index contributed by atoms with van der Waals surface area (Å²) in [6, 6.07) is 11.4. The van der Waals surface area contributed by atoms with E-state index in [0.717, 1.165) is 31.5 Å². The number of aromatic nitrogens is 3. The number of likely N-dealkylation sites (tertiary alicyclic amines) is 1. The fourth-order valence-electron chi connectivity index (χ4n) is 3.29. The lowest BCUT2D eigenvalue weighted by atomic mass is 9.89. The Morgan fingerprint density at radius 1 is 1.12 bits per heavy atom. The first-order chi connectivity index (χ1) is 12.3. The van der Waals surface area contributed by atoms with Gasteiger partial charge in [0.15, 0.2) is 0 Å². The molecule has 0 spiro atoms. The number of hydrogen-bond donors (Lipinski definition) is 1. The van der Waals surface area contributed by atoms with E-state index in [-0.39, 0.29) is 0 Å². The van der Waals surface area contributed by atoms with Gasteiger partial charge >= 0.3 is 0 Å². The van der Waals surface area contributed by atoms with Crippen LogP contribution in [-0.2, 0) is 6.54 Å². The molecule has 1 aliphatic rings. The lowest BCUT2D eigenvalue weighted by Crippen LogP contribution is -2.32. The normalized spacial score (nSPS) is 16.2. The molecule has 128 valence electrons. The van der Waals surface area contributed by atoms with Crippen molar-refractivity contribution in [3.05, 3.63) is 60.2 Å². The van der Waals surface area contributed by atoms with Crippen molar-refractivity contribution in [3.8, 4) is 17.1 Å². The fourth-order valence-corrected chi connectivity index (χ4v) is 3.29. The molecule has 3 heterocycles. The van der Waals surface area contributed by atoms with Gasteiger partial charge in [-0.3, -0.25) is 9.88 Å². The maximum Gasteiger partial charge on any atom is 0.241 e. The largest absolute Gasteiger partial charge is 0.508 e. The summed E-state index contributed by atoms with van der Waals surface area (Å²) in [6.07, 6.45) is 5.64. The van der Waals surface area contributed by atoms with Crippen molar-refractivity contribution in [2.45, 2.75) is 25.3 Å². The molecule has 2 aromatic heterocycles. The van der Waals surface area contributed by atoms with E-state index < -0.39 is 0 Å². The van der Waals surface area contributed by atoms with E-state index in [9.17, 15) is 5.11 Å². The van der Waals surface area contributed by atoms with Gasteiger partial charge in [-0.2, -0.15) is 4.98 Å². The number of pyridine rings is 1. The Hall–Kier alpha value is -2.73. The highest BCUT2D eigenvalue weighted by Gasteiger charge is 2.22. The van der Waals surface area contributed by atoms with Crippen LogP contribution in [0.3, 0.4) is 0 Å². The summed E-state index contributed by atoms with van der Waals surface area (Å²) < 4.78 is 5.39. The van der Waals surface area contributed by atoms with E-state index in [1.165, 1.54) is 5.56 Å². The molecule has 1 fully saturated rings. The van der Waals surface area contributed by atoms with Crippen molar-refractivity contribution in [1.29, 1.82) is 0 Å². The topological polar surface area (TPSA) is 75.3 Å². The van der Waals surface area contributed by atoms with Crippen LogP contribution in [0, 0.1) is 0 Å². The monoisotopic (exact) mass is 336 g/mol. The SMILES string of the molecule is Oc1ccc(C2CCN(Cc3nc(-c4cccnc4)no3)CC2)cc1. The lowest BCUT2D eigenvalue weighted by molar-refractivity contribution is 0.181. The van der Waals surface area contributed by atoms with E-state index in [4.69, 9.17) is 4.52 Å². The number of rotatable bonds is 4. The van der Waals surface area contributed by atoms with Crippen molar-refractivity contribution in [2.24, 2.45) is 0 Å². The minimum absolute atomic E-state index is 0.321. The van der Waals surface area contributed by atoms with Gasteiger partial charge in [0.2, 0.25) is 11.7 Å². The third-order valence-corrected chi connectivity index (χ3v) is 4.70. The Morgan fingerprint density at radius 2 is 1.92 bits per heavy atom. The highest BCUT2D eigenvalue weighted by Crippen LogP contribution is 2.29. The predicted octanol–water partition coefficient (Wildman–Crippen LogP) is 3.22. The summed E-state index contributed by atoms with van der Waals surface area (Å²) in [5.41, 5.74) is 2.16. The van der Waals surface area contributed by atoms with Crippen LogP contribution in [0.25, 0.3) is 11.4 Å². The average molecular weight is 336 g/mol. The molecule has 1 saturated heterocycles. The highest BCUT2D eigenvalue weighted by atomic mass is 16.5. The molecule has 0 saturated carbocycles. The van der Waals surface area contributed by atoms with Gasteiger partial charge in [-0.05, 0) is 61.7 Å². The van der Waals surface area contributed by atoms with Crippen LogP contribution in [0.4, 0.5) is 0 Å². The van der Waals surface area contributed by atoms with Crippen LogP contribution in [0.5, 0.6) is 5.75 Å². The molecule has 0 radical (unpaired) electrons. The van der Waals surface area contributed by atoms with E-state index >= 15 is 0 Å². The van der Waals surface area contributed by atoms with Crippen molar-refractivity contribution in [2.75, 3.05) is 13.1 Å². The van der Waals surface area contributed by atoms with E-state index in [2.05, 4.69) is 20.0 Å². The standard InChI is InChI=1S/C19H20N4O2/c24-17-5-3-14(4-6-17)15-7-10-23(11-8-15)13-18-21-19(22-25-18)16-2-1-9-20-12-16/h1-6,9,12,15,24H,7-8,10-11,13H2. The van der Waals surface area contributed by atoms with Gasteiger partial charge in [0, 0.05) is 18.0 Å². The number of phenols is 1. The first kappa shape index (κ1) is 15.8. The summed E-state index contributed by atoms with van der Waals surface area (Å²) in [7, 11) is 0. The average Bonchev–Trinajstić information content (AvgIpc) is 3.12. The quantitative estimate of drug-likeness (QED) is 0.788. The van der Waals surface area contributed by atoms with E-state index in [0.29, 0.717) is 29.9 Å². The van der Waals surface area contributed by atoms with Crippen molar-refractivity contribution < 1.29 is 9.63 Å². The van der Waals surface area contributed by atoms with E-state index in [1.807, 2.05) is 24.3 Å². The number of nitrogens with zero attached hydrogens (tertiary/aromatic N) is 4. The predicted molar refractivity (Wildman–Crippen MR) is 92.9 cm³/mol. The zero-order valence-electron chi connectivity index (χ0n) is 13.9. The third kappa shape index (κ3) is 3.69. The molecule has 6 heteroatoms. The Balaban J connectivity index is 1.34. The molecule has 3 aromatic rings. The van der Waals surface area contributed by atoms with Gasteiger partial charge in [0.05, 0.1) is 6.54 Å². The fraction of sp³-hybridized carbons (Fsp3) is 0.316. The Bertz CT molecular complexity index is 809. The van der Waals surface area contributed by atoms with Crippen molar-refractivity contribution in [3.63, 3.8) is 0 Å². The van der Waals surface area contributed by atoms with Gasteiger partial charge in [-0.1, -0.05) is 17.3 Å². The van der Waals surface area contributed by atoms with Gasteiger partial charge < -0.3 is 9.63 Å². The second kappa shape index (κ2) is 7.03. The van der Waals surface area contributed by atoms with Gasteiger partial charge in [-0.25, -0.2) is 0 Å². The van der Waals surface area contributed by atoms with Gasteiger partial charge in [0.25, 0.3) is 0 Å². The Labute approximate surface area is 146 Å². The summed E-state index contributed by atoms with van der Waals surface area (Å²) in [4.78, 5) is 10.9. The Morgan fingerprint density at radius 3 is 2.64 bits per heavy atom. The number of benzene rings is 1. The maximum absolute atomic E-state index is 9.41. The van der Waals surface area contributed by atoms with Crippen LogP contribution in [-0.4, -0.2) is 38.2 Å². The second-order valence-electron chi connectivity index (χ2n) is 6.40. The molecular weight excluding hydrogens is 316 g/mol. The third-order valence-electron chi connectivity index (χ3n) is 4.70.